The van der Waals surface area contributed by atoms with E-state index in [0.29, 0.717) is 17.7 Å². The standard InChI is InChI=1S/C22H23F5N8O/c1-11(22(25,26)27)35-16-8-12(4-5-15(16)30-32-35)17-13(14-6-7-33(2)10-21(14,23)24)9-34-18(17)19(36-3)29-20(28)31-34/h4-5,8-9,11,14H,6-7,10H2,1-3H3,(H2,28,31)/t11-,14-/m1/s1. The highest BCUT2D eigenvalue weighted by Gasteiger charge is 2.46. The van der Waals surface area contributed by atoms with Crippen molar-refractivity contribution >= 4 is 22.5 Å². The minimum Gasteiger partial charge on any atom is -0.479 e. The topological polar surface area (TPSA) is 99.4 Å². The van der Waals surface area contributed by atoms with Gasteiger partial charge in [-0.2, -0.15) is 18.2 Å². The molecule has 2 atom stereocenters. The molecule has 1 fully saturated rings. The average molecular weight is 510 g/mol. The Labute approximate surface area is 201 Å². The van der Waals surface area contributed by atoms with Crippen LogP contribution < -0.4 is 10.5 Å². The molecule has 36 heavy (non-hydrogen) atoms. The van der Waals surface area contributed by atoms with Gasteiger partial charge in [0.1, 0.15) is 17.1 Å². The van der Waals surface area contributed by atoms with E-state index >= 15 is 8.78 Å². The van der Waals surface area contributed by atoms with Crippen LogP contribution in [0.25, 0.3) is 27.7 Å². The first-order valence-corrected chi connectivity index (χ1v) is 11.1. The quantitative estimate of drug-likeness (QED) is 0.416. The average Bonchev–Trinajstić information content (AvgIpc) is 3.37. The van der Waals surface area contributed by atoms with Gasteiger partial charge in [-0.05, 0) is 50.2 Å². The summed E-state index contributed by atoms with van der Waals surface area (Å²) in [5.41, 5.74) is 7.39. The van der Waals surface area contributed by atoms with Gasteiger partial charge in [0.2, 0.25) is 11.8 Å². The van der Waals surface area contributed by atoms with E-state index in [-0.39, 0.29) is 40.4 Å². The van der Waals surface area contributed by atoms with Gasteiger partial charge >= 0.3 is 6.18 Å². The number of piperidine rings is 1. The number of benzene rings is 1. The van der Waals surface area contributed by atoms with E-state index < -0.39 is 30.6 Å². The van der Waals surface area contributed by atoms with Gasteiger partial charge in [-0.1, -0.05) is 11.3 Å². The third kappa shape index (κ3) is 3.88. The zero-order chi connectivity index (χ0) is 26.0. The highest BCUT2D eigenvalue weighted by Crippen LogP contribution is 2.47. The normalized spacial score (nSPS) is 19.7. The first kappa shape index (κ1) is 24.2. The summed E-state index contributed by atoms with van der Waals surface area (Å²) in [5.74, 6) is -4.32. The van der Waals surface area contributed by atoms with E-state index in [1.807, 2.05) is 0 Å². The molecular weight excluding hydrogens is 487 g/mol. The molecule has 1 aliphatic heterocycles. The van der Waals surface area contributed by atoms with Crippen LogP contribution in [0.2, 0.25) is 0 Å². The van der Waals surface area contributed by atoms with Crippen molar-refractivity contribution in [2.45, 2.75) is 37.4 Å². The van der Waals surface area contributed by atoms with Gasteiger partial charge in [0.25, 0.3) is 5.92 Å². The predicted molar refractivity (Wildman–Crippen MR) is 121 cm³/mol. The minimum absolute atomic E-state index is 0.0513. The second-order valence-electron chi connectivity index (χ2n) is 9.03. The van der Waals surface area contributed by atoms with Crippen LogP contribution in [-0.4, -0.2) is 73.8 Å². The molecule has 1 saturated heterocycles. The third-order valence-electron chi connectivity index (χ3n) is 6.60. The molecule has 2 N–H and O–H groups in total. The molecule has 0 amide bonds. The largest absolute Gasteiger partial charge is 0.479 e. The van der Waals surface area contributed by atoms with E-state index in [9.17, 15) is 13.2 Å². The molecule has 3 aromatic heterocycles. The summed E-state index contributed by atoms with van der Waals surface area (Å²) in [6.07, 6.45) is -2.94. The van der Waals surface area contributed by atoms with E-state index in [1.165, 1.54) is 30.0 Å². The van der Waals surface area contributed by atoms with Crippen molar-refractivity contribution in [2.24, 2.45) is 0 Å². The third-order valence-corrected chi connectivity index (χ3v) is 6.60. The van der Waals surface area contributed by atoms with Gasteiger partial charge in [-0.15, -0.1) is 10.2 Å². The number of hydrogen-bond donors (Lipinski definition) is 1. The van der Waals surface area contributed by atoms with Crippen LogP contribution in [-0.2, 0) is 0 Å². The molecule has 1 aromatic carbocycles. The van der Waals surface area contributed by atoms with Gasteiger partial charge in [0, 0.05) is 11.8 Å². The Morgan fingerprint density at radius 2 is 2.00 bits per heavy atom. The van der Waals surface area contributed by atoms with E-state index in [0.717, 1.165) is 11.6 Å². The lowest BCUT2D eigenvalue weighted by Crippen LogP contribution is -2.45. The van der Waals surface area contributed by atoms with Crippen LogP contribution in [0, 0.1) is 0 Å². The zero-order valence-corrected chi connectivity index (χ0v) is 19.6. The van der Waals surface area contributed by atoms with Gasteiger partial charge in [-0.3, -0.25) is 0 Å². The number of likely N-dealkylation sites (tertiary alicyclic amines) is 1. The molecule has 0 unspecified atom stereocenters. The molecule has 0 spiro atoms. The highest BCUT2D eigenvalue weighted by molar-refractivity contribution is 5.92. The summed E-state index contributed by atoms with van der Waals surface area (Å²) in [6.45, 7) is 0.974. The number of alkyl halides is 5. The van der Waals surface area contributed by atoms with Crippen molar-refractivity contribution in [3.63, 3.8) is 0 Å². The number of rotatable bonds is 4. The molecule has 14 heteroatoms. The predicted octanol–water partition coefficient (Wildman–Crippen LogP) is 3.91. The Hall–Kier alpha value is -3.55. The summed E-state index contributed by atoms with van der Waals surface area (Å²) in [4.78, 5) is 5.65. The maximum absolute atomic E-state index is 15.3. The van der Waals surface area contributed by atoms with Crippen LogP contribution in [0.3, 0.4) is 0 Å². The molecule has 0 aliphatic carbocycles. The summed E-state index contributed by atoms with van der Waals surface area (Å²) in [7, 11) is 2.98. The first-order valence-electron chi connectivity index (χ1n) is 11.1. The van der Waals surface area contributed by atoms with Crippen LogP contribution in [0.15, 0.2) is 24.4 Å². The molecule has 0 bridgehead atoms. The molecule has 9 nitrogen and oxygen atoms in total. The second kappa shape index (κ2) is 8.25. The van der Waals surface area contributed by atoms with Crippen molar-refractivity contribution in [2.75, 3.05) is 33.0 Å². The number of fused-ring (bicyclic) bond motifs is 2. The lowest BCUT2D eigenvalue weighted by atomic mass is 9.84. The molecule has 5 rings (SSSR count). The fraction of sp³-hybridized carbons (Fsp3) is 0.455. The number of nitrogens with two attached hydrogens (primary N) is 1. The van der Waals surface area contributed by atoms with E-state index in [2.05, 4.69) is 20.4 Å². The fourth-order valence-electron chi connectivity index (χ4n) is 4.80. The zero-order valence-electron chi connectivity index (χ0n) is 19.6. The summed E-state index contributed by atoms with van der Waals surface area (Å²) in [5, 5.41) is 11.7. The van der Waals surface area contributed by atoms with Gasteiger partial charge < -0.3 is 15.4 Å². The summed E-state index contributed by atoms with van der Waals surface area (Å²) < 4.78 is 78.5. The highest BCUT2D eigenvalue weighted by atomic mass is 19.4. The van der Waals surface area contributed by atoms with Crippen LogP contribution in [0.1, 0.15) is 30.9 Å². The SMILES string of the molecule is COc1nc(N)nn2cc([C@H]3CCN(C)CC3(F)F)c(-c3ccc4nnn([C@H](C)C(F)(F)F)c4c3)c12. The van der Waals surface area contributed by atoms with Crippen molar-refractivity contribution in [3.05, 3.63) is 30.0 Å². The number of nitrogen functional groups attached to an aromatic ring is 1. The monoisotopic (exact) mass is 510 g/mol. The molecule has 1 aliphatic rings. The maximum atomic E-state index is 15.3. The maximum Gasteiger partial charge on any atom is 0.410 e. The van der Waals surface area contributed by atoms with Crippen LogP contribution in [0.5, 0.6) is 5.88 Å². The molecule has 4 heterocycles. The Balaban J connectivity index is 1.78. The van der Waals surface area contributed by atoms with Crippen molar-refractivity contribution in [3.8, 4) is 17.0 Å². The molecule has 0 saturated carbocycles. The lowest BCUT2D eigenvalue weighted by Gasteiger charge is -2.36. The number of halogens is 5. The second-order valence-corrected chi connectivity index (χ2v) is 9.03. The number of nitrogens with zero attached hydrogens (tertiary/aromatic N) is 7. The summed E-state index contributed by atoms with van der Waals surface area (Å²) >= 11 is 0. The Bertz CT molecular complexity index is 1450. The Morgan fingerprint density at radius 1 is 1.25 bits per heavy atom. The van der Waals surface area contributed by atoms with Crippen LogP contribution >= 0.6 is 0 Å². The lowest BCUT2D eigenvalue weighted by molar-refractivity contribution is -0.164. The van der Waals surface area contributed by atoms with Gasteiger partial charge in [0.05, 0.1) is 25.1 Å². The molecular formula is C22H23F5N8O. The number of hydrogen-bond acceptors (Lipinski definition) is 7. The Kier molecular flexibility index (Phi) is 5.54. The summed E-state index contributed by atoms with van der Waals surface area (Å²) in [6, 6.07) is 2.61. The van der Waals surface area contributed by atoms with E-state index in [4.69, 9.17) is 10.5 Å². The number of aromatic nitrogens is 6. The molecule has 192 valence electrons. The number of methoxy groups -OCH3 is 1. The van der Waals surface area contributed by atoms with Gasteiger partial charge in [0.15, 0.2) is 0 Å². The Morgan fingerprint density at radius 3 is 2.67 bits per heavy atom. The van der Waals surface area contributed by atoms with Crippen molar-refractivity contribution in [1.82, 2.24) is 34.5 Å². The molecule has 0 radical (unpaired) electrons. The van der Waals surface area contributed by atoms with Gasteiger partial charge in [-0.25, -0.2) is 18.0 Å². The van der Waals surface area contributed by atoms with Crippen molar-refractivity contribution in [1.29, 1.82) is 0 Å². The van der Waals surface area contributed by atoms with Crippen molar-refractivity contribution < 1.29 is 26.7 Å². The number of ether oxygens (including phenoxy) is 1. The van der Waals surface area contributed by atoms with Crippen LogP contribution in [0.4, 0.5) is 27.9 Å². The number of anilines is 1. The van der Waals surface area contributed by atoms with E-state index in [1.54, 1.807) is 18.0 Å². The fourth-order valence-corrected chi connectivity index (χ4v) is 4.80. The first-order chi connectivity index (χ1) is 16.9. The minimum atomic E-state index is -4.56. The molecule has 4 aromatic rings. The smallest absolute Gasteiger partial charge is 0.410 e.